The number of carbonyl (C=O) groups excluding carboxylic acids is 1. The fraction of sp³-hybridized carbons (Fsp3) is 0. The smallest absolute Gasteiger partial charge is 0.220 e. The summed E-state index contributed by atoms with van der Waals surface area (Å²) >= 11 is 3.58. The predicted molar refractivity (Wildman–Crippen MR) is 38.5 cm³/mol. The van der Waals surface area contributed by atoms with E-state index < -0.39 is 0 Å². The Morgan fingerprint density at radius 2 is 2.44 bits per heavy atom. The van der Waals surface area contributed by atoms with Crippen LogP contribution in [0.15, 0.2) is 12.3 Å². The van der Waals surface area contributed by atoms with E-state index in [4.69, 9.17) is 5.73 Å². The molecule has 4 heteroatoms. The minimum absolute atomic E-state index is 0.311. The third-order valence-corrected chi connectivity index (χ3v) is 1.25. The van der Waals surface area contributed by atoms with Crippen LogP contribution in [0.3, 0.4) is 0 Å². The lowest BCUT2D eigenvalue weighted by Crippen LogP contribution is -1.93. The van der Waals surface area contributed by atoms with Crippen LogP contribution >= 0.6 is 12.6 Å². The first kappa shape index (κ1) is 6.22. The van der Waals surface area contributed by atoms with Crippen LogP contribution in [0.4, 0.5) is 5.82 Å². The van der Waals surface area contributed by atoms with Gasteiger partial charge in [0.25, 0.3) is 0 Å². The van der Waals surface area contributed by atoms with E-state index in [9.17, 15) is 4.79 Å². The van der Waals surface area contributed by atoms with Gasteiger partial charge in [-0.15, -0.1) is 12.6 Å². The van der Waals surface area contributed by atoms with Gasteiger partial charge in [-0.2, -0.15) is 0 Å². The van der Waals surface area contributed by atoms with Gasteiger partial charge in [-0.1, -0.05) is 0 Å². The number of aromatic nitrogens is 1. The largest absolute Gasteiger partial charge is 0.385 e. The highest BCUT2D eigenvalue weighted by atomic mass is 32.1. The zero-order valence-corrected chi connectivity index (χ0v) is 5.48. The third kappa shape index (κ3) is 1.08. The van der Waals surface area contributed by atoms with E-state index >= 15 is 0 Å². The van der Waals surface area contributed by atoms with E-state index in [0.29, 0.717) is 11.4 Å². The van der Waals surface area contributed by atoms with Gasteiger partial charge in [0.15, 0.2) is 0 Å². The molecular weight excluding hydrogens is 136 g/mol. The second-order valence-electron chi connectivity index (χ2n) is 1.61. The summed E-state index contributed by atoms with van der Waals surface area (Å²) < 4.78 is 0. The second-order valence-corrected chi connectivity index (χ2v) is 2.02. The molecule has 3 nitrogen and oxygen atoms in total. The Morgan fingerprint density at radius 1 is 1.78 bits per heavy atom. The highest BCUT2D eigenvalue weighted by Crippen LogP contribution is 2.09. The molecule has 0 fully saturated rings. The van der Waals surface area contributed by atoms with Gasteiger partial charge < -0.3 is 10.7 Å². The maximum Gasteiger partial charge on any atom is 0.220 e. The van der Waals surface area contributed by atoms with Crippen molar-refractivity contribution in [2.24, 2.45) is 0 Å². The van der Waals surface area contributed by atoms with Crippen molar-refractivity contribution in [1.82, 2.24) is 4.98 Å². The Morgan fingerprint density at radius 3 is 2.67 bits per heavy atom. The van der Waals surface area contributed by atoms with Crippen molar-refractivity contribution in [3.8, 4) is 0 Å². The average molecular weight is 142 g/mol. The van der Waals surface area contributed by atoms with Crippen LogP contribution in [0, 0.1) is 0 Å². The second kappa shape index (κ2) is 2.14. The number of hydrogen-bond acceptors (Lipinski definition) is 2. The predicted octanol–water partition coefficient (Wildman–Crippen LogP) is 0.667. The number of carbonyl (C=O) groups is 1. The molecule has 9 heavy (non-hydrogen) atoms. The summed E-state index contributed by atoms with van der Waals surface area (Å²) in [7, 11) is 0. The molecule has 48 valence electrons. The van der Waals surface area contributed by atoms with Gasteiger partial charge in [0.05, 0.1) is 5.56 Å². The normalized spacial score (nSPS) is 9.44. The van der Waals surface area contributed by atoms with Crippen molar-refractivity contribution in [2.45, 2.75) is 0 Å². The number of anilines is 1. The van der Waals surface area contributed by atoms with Gasteiger partial charge in [0.2, 0.25) is 5.12 Å². The summed E-state index contributed by atoms with van der Waals surface area (Å²) in [5, 5.41) is -0.311. The molecule has 0 saturated heterocycles. The third-order valence-electron chi connectivity index (χ3n) is 1.01. The van der Waals surface area contributed by atoms with Gasteiger partial charge in [-0.25, -0.2) is 0 Å². The molecule has 0 aliphatic heterocycles. The maximum atomic E-state index is 10.5. The van der Waals surface area contributed by atoms with Crippen LogP contribution < -0.4 is 5.73 Å². The molecule has 0 amide bonds. The zero-order chi connectivity index (χ0) is 6.85. The van der Waals surface area contributed by atoms with Crippen molar-refractivity contribution in [2.75, 3.05) is 5.73 Å². The van der Waals surface area contributed by atoms with Crippen LogP contribution in [0.1, 0.15) is 10.4 Å². The number of nitrogens with one attached hydrogen (secondary N) is 1. The summed E-state index contributed by atoms with van der Waals surface area (Å²) in [4.78, 5) is 13.1. The molecule has 0 aliphatic carbocycles. The molecule has 3 N–H and O–H groups in total. The molecule has 1 aromatic rings. The minimum atomic E-state index is -0.311. The standard InChI is InChI=1S/C5H6N2OS/c6-4-3(5(8)9)1-2-7-4/h1-2,7H,6H2,(H,8,9). The summed E-state index contributed by atoms with van der Waals surface area (Å²) in [6.45, 7) is 0. The minimum Gasteiger partial charge on any atom is -0.385 e. The topological polar surface area (TPSA) is 58.9 Å². The first-order chi connectivity index (χ1) is 4.22. The summed E-state index contributed by atoms with van der Waals surface area (Å²) in [5.74, 6) is 0.370. The van der Waals surface area contributed by atoms with Crippen LogP contribution in [0.2, 0.25) is 0 Å². The van der Waals surface area contributed by atoms with Crippen molar-refractivity contribution < 1.29 is 4.79 Å². The molecule has 1 rings (SSSR count). The van der Waals surface area contributed by atoms with Crippen molar-refractivity contribution in [3.63, 3.8) is 0 Å². The number of nitrogens with two attached hydrogens (primary N) is 1. The Hall–Kier alpha value is -0.900. The van der Waals surface area contributed by atoms with Crippen LogP contribution in [0.25, 0.3) is 0 Å². The molecular formula is C5H6N2OS. The molecule has 0 aromatic carbocycles. The van der Waals surface area contributed by atoms with E-state index in [1.165, 1.54) is 0 Å². The van der Waals surface area contributed by atoms with Crippen LogP contribution in [-0.2, 0) is 0 Å². The lowest BCUT2D eigenvalue weighted by molar-refractivity contribution is 0.109. The summed E-state index contributed by atoms with van der Waals surface area (Å²) in [6, 6.07) is 1.59. The maximum absolute atomic E-state index is 10.5. The van der Waals surface area contributed by atoms with E-state index in [1.807, 2.05) is 0 Å². The van der Waals surface area contributed by atoms with Gasteiger partial charge in [-0.05, 0) is 6.07 Å². The summed E-state index contributed by atoms with van der Waals surface area (Å²) in [6.07, 6.45) is 1.60. The number of hydrogen-bond donors (Lipinski definition) is 3. The van der Waals surface area contributed by atoms with Gasteiger partial charge in [0.1, 0.15) is 5.82 Å². The van der Waals surface area contributed by atoms with E-state index in [-0.39, 0.29) is 5.12 Å². The molecule has 1 heterocycles. The van der Waals surface area contributed by atoms with Crippen molar-refractivity contribution >= 4 is 23.6 Å². The van der Waals surface area contributed by atoms with E-state index in [1.54, 1.807) is 12.3 Å². The molecule has 0 aliphatic rings. The fourth-order valence-electron chi connectivity index (χ4n) is 0.569. The Bertz CT molecular complexity index is 231. The lowest BCUT2D eigenvalue weighted by atomic mass is 10.3. The monoisotopic (exact) mass is 142 g/mol. The first-order valence-corrected chi connectivity index (χ1v) is 2.82. The zero-order valence-electron chi connectivity index (χ0n) is 4.59. The van der Waals surface area contributed by atoms with Crippen molar-refractivity contribution in [3.05, 3.63) is 17.8 Å². The van der Waals surface area contributed by atoms with Gasteiger partial charge in [-0.3, -0.25) is 4.79 Å². The number of rotatable bonds is 1. The molecule has 0 radical (unpaired) electrons. The number of aromatic amines is 1. The van der Waals surface area contributed by atoms with E-state index in [2.05, 4.69) is 17.6 Å². The molecule has 0 saturated carbocycles. The Kier molecular flexibility index (Phi) is 1.48. The highest BCUT2D eigenvalue weighted by molar-refractivity contribution is 7.97. The number of thiol groups is 1. The Balaban J connectivity index is 3.08. The van der Waals surface area contributed by atoms with Crippen LogP contribution in [-0.4, -0.2) is 10.1 Å². The summed E-state index contributed by atoms with van der Waals surface area (Å²) in [5.41, 5.74) is 5.75. The lowest BCUT2D eigenvalue weighted by Gasteiger charge is -1.87. The highest BCUT2D eigenvalue weighted by Gasteiger charge is 2.03. The number of nitrogen functional groups attached to an aromatic ring is 1. The van der Waals surface area contributed by atoms with Gasteiger partial charge >= 0.3 is 0 Å². The van der Waals surface area contributed by atoms with Crippen molar-refractivity contribution in [1.29, 1.82) is 0 Å². The molecule has 0 bridgehead atoms. The molecule has 0 atom stereocenters. The molecule has 1 aromatic heterocycles. The van der Waals surface area contributed by atoms with E-state index in [0.717, 1.165) is 0 Å². The SMILES string of the molecule is Nc1[nH]ccc1C(=O)S. The fourth-order valence-corrected chi connectivity index (χ4v) is 0.764. The quantitative estimate of drug-likeness (QED) is 0.505. The molecule has 0 spiro atoms. The molecule has 0 unspecified atom stereocenters. The van der Waals surface area contributed by atoms with Gasteiger partial charge in [0, 0.05) is 6.20 Å². The first-order valence-electron chi connectivity index (χ1n) is 2.38. The van der Waals surface area contributed by atoms with Crippen LogP contribution in [0.5, 0.6) is 0 Å². The Labute approximate surface area is 57.7 Å². The number of H-pyrrole nitrogens is 1. The average Bonchev–Trinajstić information content (AvgIpc) is 2.13.